The van der Waals surface area contributed by atoms with Gasteiger partial charge in [-0.15, -0.1) is 0 Å². The summed E-state index contributed by atoms with van der Waals surface area (Å²) < 4.78 is 5.74. The second kappa shape index (κ2) is 14.4. The third kappa shape index (κ3) is 8.88. The third-order valence-corrected chi connectivity index (χ3v) is 6.25. The molecule has 1 amide bonds. The molecule has 3 aromatic carbocycles. The summed E-state index contributed by atoms with van der Waals surface area (Å²) in [6.07, 6.45) is 2.59. The number of halogens is 1. The number of amides is 1. The number of hydrogen-bond donors (Lipinski definition) is 1. The van der Waals surface area contributed by atoms with Crippen molar-refractivity contribution in [3.05, 3.63) is 105 Å². The van der Waals surface area contributed by atoms with Gasteiger partial charge in [-0.1, -0.05) is 85.1 Å². The number of nitrogens with zero attached hydrogens (tertiary/aromatic N) is 2. The van der Waals surface area contributed by atoms with Crippen LogP contribution in [0.3, 0.4) is 0 Å². The molecule has 196 valence electrons. The molecule has 0 spiro atoms. The summed E-state index contributed by atoms with van der Waals surface area (Å²) in [4.78, 5) is 25.7. The number of ether oxygens (including phenoxy) is 1. The van der Waals surface area contributed by atoms with E-state index in [2.05, 4.69) is 0 Å². The molecule has 0 fully saturated rings. The van der Waals surface area contributed by atoms with Crippen LogP contribution in [0.5, 0.6) is 5.75 Å². The van der Waals surface area contributed by atoms with Gasteiger partial charge in [-0.3, -0.25) is 14.9 Å². The molecule has 8 heteroatoms. The van der Waals surface area contributed by atoms with E-state index in [4.69, 9.17) is 16.3 Å². The van der Waals surface area contributed by atoms with Crippen molar-refractivity contribution >= 4 is 23.2 Å². The molecule has 0 heterocycles. The first kappa shape index (κ1) is 28.2. The minimum Gasteiger partial charge on any atom is -0.493 e. The van der Waals surface area contributed by atoms with Crippen LogP contribution in [0.25, 0.3) is 0 Å². The van der Waals surface area contributed by atoms with E-state index in [0.29, 0.717) is 32.5 Å². The van der Waals surface area contributed by atoms with E-state index in [1.54, 1.807) is 0 Å². The van der Waals surface area contributed by atoms with E-state index in [1.165, 1.54) is 19.1 Å². The zero-order chi connectivity index (χ0) is 26.6. The largest absolute Gasteiger partial charge is 0.493 e. The molecule has 1 unspecified atom stereocenters. The fourth-order valence-corrected chi connectivity index (χ4v) is 4.38. The molecule has 0 aliphatic carbocycles. The predicted octanol–water partition coefficient (Wildman–Crippen LogP) is 6.86. The Morgan fingerprint density at radius 3 is 2.08 bits per heavy atom. The first-order chi connectivity index (χ1) is 17.8. The quantitative estimate of drug-likeness (QED) is 0.141. The number of carbonyl (C=O) groups excluding carboxylic acids is 1. The van der Waals surface area contributed by atoms with Gasteiger partial charge in [-0.05, 0) is 37.0 Å². The zero-order valence-electron chi connectivity index (χ0n) is 21.0. The molecule has 1 atom stereocenters. The number of aliphatic hydroxyl groups excluding tert-OH is 1. The molecule has 0 radical (unpaired) electrons. The topological polar surface area (TPSA) is 92.9 Å². The van der Waals surface area contributed by atoms with Crippen LogP contribution in [0, 0.1) is 10.1 Å². The maximum absolute atomic E-state index is 13.1. The number of carbonyl (C=O) groups is 1. The highest BCUT2D eigenvalue weighted by Gasteiger charge is 2.24. The van der Waals surface area contributed by atoms with Gasteiger partial charge < -0.3 is 14.7 Å². The SMILES string of the molecule is CC(O)c1c(OCCCCCCC(=O)N(Cc2ccccc2)Cc2ccccc2)cc(Cl)cc1[N+](=O)[O-]. The summed E-state index contributed by atoms with van der Waals surface area (Å²) in [5.41, 5.74) is 2.06. The Balaban J connectivity index is 1.47. The molecule has 0 aliphatic rings. The molecule has 7 nitrogen and oxygen atoms in total. The van der Waals surface area contributed by atoms with Gasteiger partial charge in [0.15, 0.2) is 0 Å². The van der Waals surface area contributed by atoms with E-state index in [1.807, 2.05) is 65.6 Å². The van der Waals surface area contributed by atoms with Crippen molar-refractivity contribution in [1.29, 1.82) is 0 Å². The van der Waals surface area contributed by atoms with Crippen LogP contribution >= 0.6 is 11.6 Å². The fourth-order valence-electron chi connectivity index (χ4n) is 4.18. The number of rotatable bonds is 14. The Morgan fingerprint density at radius 2 is 1.54 bits per heavy atom. The Kier molecular flexibility index (Phi) is 10.9. The van der Waals surface area contributed by atoms with Crippen molar-refractivity contribution < 1.29 is 19.6 Å². The number of nitro benzene ring substituents is 1. The highest BCUT2D eigenvalue weighted by Crippen LogP contribution is 2.37. The monoisotopic (exact) mass is 524 g/mol. The zero-order valence-corrected chi connectivity index (χ0v) is 21.8. The summed E-state index contributed by atoms with van der Waals surface area (Å²) in [5, 5.41) is 21.5. The summed E-state index contributed by atoms with van der Waals surface area (Å²) in [6, 6.07) is 22.7. The van der Waals surface area contributed by atoms with Crippen LogP contribution in [0.4, 0.5) is 5.69 Å². The summed E-state index contributed by atoms with van der Waals surface area (Å²) in [6.45, 7) is 2.93. The third-order valence-electron chi connectivity index (χ3n) is 6.03. The van der Waals surface area contributed by atoms with E-state index >= 15 is 0 Å². The van der Waals surface area contributed by atoms with Crippen molar-refractivity contribution in [1.82, 2.24) is 4.90 Å². The number of benzene rings is 3. The van der Waals surface area contributed by atoms with Gasteiger partial charge >= 0.3 is 0 Å². The summed E-state index contributed by atoms with van der Waals surface area (Å²) >= 11 is 6.01. The van der Waals surface area contributed by atoms with Crippen molar-refractivity contribution in [2.45, 2.75) is 58.2 Å². The molecular weight excluding hydrogens is 492 g/mol. The minimum atomic E-state index is -1.06. The molecular formula is C29H33ClN2O5. The van der Waals surface area contributed by atoms with Crippen LogP contribution in [-0.4, -0.2) is 27.4 Å². The van der Waals surface area contributed by atoms with E-state index in [9.17, 15) is 20.0 Å². The average molecular weight is 525 g/mol. The normalized spacial score (nSPS) is 11.6. The van der Waals surface area contributed by atoms with Gasteiger partial charge in [0.1, 0.15) is 5.75 Å². The Bertz CT molecular complexity index is 1110. The predicted molar refractivity (Wildman–Crippen MR) is 144 cm³/mol. The first-order valence-electron chi connectivity index (χ1n) is 12.5. The van der Waals surface area contributed by atoms with Crippen molar-refractivity contribution in [2.75, 3.05) is 6.61 Å². The van der Waals surface area contributed by atoms with Crippen LogP contribution in [0.15, 0.2) is 72.8 Å². The highest BCUT2D eigenvalue weighted by molar-refractivity contribution is 6.31. The minimum absolute atomic E-state index is 0.122. The second-order valence-corrected chi connectivity index (χ2v) is 9.44. The van der Waals surface area contributed by atoms with Gasteiger partial charge in [-0.2, -0.15) is 0 Å². The van der Waals surface area contributed by atoms with Crippen LogP contribution in [0.1, 0.15) is 61.8 Å². The lowest BCUT2D eigenvalue weighted by Crippen LogP contribution is -2.29. The Labute approximate surface area is 222 Å². The number of aliphatic hydroxyl groups is 1. The van der Waals surface area contributed by atoms with Gasteiger partial charge in [0.05, 0.1) is 28.2 Å². The number of nitro groups is 1. The molecule has 0 saturated heterocycles. The van der Waals surface area contributed by atoms with Gasteiger partial charge in [-0.25, -0.2) is 0 Å². The van der Waals surface area contributed by atoms with Gasteiger partial charge in [0.2, 0.25) is 5.91 Å². The van der Waals surface area contributed by atoms with Crippen molar-refractivity contribution in [2.24, 2.45) is 0 Å². The van der Waals surface area contributed by atoms with E-state index in [-0.39, 0.29) is 27.9 Å². The molecule has 0 bridgehead atoms. The lowest BCUT2D eigenvalue weighted by atomic mass is 10.1. The highest BCUT2D eigenvalue weighted by atomic mass is 35.5. The van der Waals surface area contributed by atoms with Gasteiger partial charge in [0, 0.05) is 25.6 Å². The molecule has 3 aromatic rings. The molecule has 0 aliphatic heterocycles. The molecule has 37 heavy (non-hydrogen) atoms. The van der Waals surface area contributed by atoms with Gasteiger partial charge in [0.25, 0.3) is 5.69 Å². The van der Waals surface area contributed by atoms with Crippen LogP contribution < -0.4 is 4.74 Å². The number of hydrogen-bond acceptors (Lipinski definition) is 5. The summed E-state index contributed by atoms with van der Waals surface area (Å²) in [5.74, 6) is 0.346. The van der Waals surface area contributed by atoms with Crippen LogP contribution in [-0.2, 0) is 17.9 Å². The second-order valence-electron chi connectivity index (χ2n) is 9.00. The Hall–Kier alpha value is -3.42. The van der Waals surface area contributed by atoms with E-state index in [0.717, 1.165) is 30.4 Å². The maximum atomic E-state index is 13.1. The van der Waals surface area contributed by atoms with E-state index < -0.39 is 11.0 Å². The van der Waals surface area contributed by atoms with Crippen molar-refractivity contribution in [3.8, 4) is 5.75 Å². The van der Waals surface area contributed by atoms with Crippen molar-refractivity contribution in [3.63, 3.8) is 0 Å². The average Bonchev–Trinajstić information content (AvgIpc) is 2.88. The molecule has 1 N–H and O–H groups in total. The standard InChI is InChI=1S/C29H33ClN2O5/c1-22(33)29-26(32(35)36)18-25(30)19-27(29)37-17-11-3-2-10-16-28(34)31(20-23-12-6-4-7-13-23)21-24-14-8-5-9-15-24/h4-9,12-15,18-19,22,33H,2-3,10-11,16-17,20-21H2,1H3. The molecule has 3 rings (SSSR count). The Morgan fingerprint density at radius 1 is 0.973 bits per heavy atom. The number of unbranched alkanes of at least 4 members (excludes halogenated alkanes) is 3. The smallest absolute Gasteiger partial charge is 0.280 e. The fraction of sp³-hybridized carbons (Fsp3) is 0.345. The maximum Gasteiger partial charge on any atom is 0.280 e. The lowest BCUT2D eigenvalue weighted by molar-refractivity contribution is -0.386. The lowest BCUT2D eigenvalue weighted by Gasteiger charge is -2.23. The van der Waals surface area contributed by atoms with Crippen LogP contribution in [0.2, 0.25) is 5.02 Å². The first-order valence-corrected chi connectivity index (χ1v) is 12.9. The molecule has 0 saturated carbocycles. The molecule has 0 aromatic heterocycles. The summed E-state index contributed by atoms with van der Waals surface area (Å²) in [7, 11) is 0.